The fraction of sp³-hybridized carbons (Fsp3) is 0.636. The highest BCUT2D eigenvalue weighted by Gasteiger charge is 2.26. The summed E-state index contributed by atoms with van der Waals surface area (Å²) in [7, 11) is 0. The Morgan fingerprint density at radius 1 is 1.56 bits per heavy atom. The van der Waals surface area contributed by atoms with Crippen LogP contribution in [0.4, 0.5) is 0 Å². The summed E-state index contributed by atoms with van der Waals surface area (Å²) in [5.74, 6) is -0.301. The summed E-state index contributed by atoms with van der Waals surface area (Å²) in [6, 6.07) is 0. The van der Waals surface area contributed by atoms with Gasteiger partial charge in [-0.1, -0.05) is 12.1 Å². The molecule has 98 valence electrons. The molecule has 18 heavy (non-hydrogen) atoms. The van der Waals surface area contributed by atoms with Crippen molar-refractivity contribution < 1.29 is 9.59 Å². The number of rotatable bonds is 5. The van der Waals surface area contributed by atoms with Gasteiger partial charge in [0.2, 0.25) is 5.91 Å². The average Bonchev–Trinajstić information content (AvgIpc) is 2.95. The van der Waals surface area contributed by atoms with E-state index in [2.05, 4.69) is 15.6 Å². The zero-order valence-electron chi connectivity index (χ0n) is 10.4. The largest absolute Gasteiger partial charge is 0.311 e. The minimum atomic E-state index is -0.211. The molecule has 0 radical (unpaired) electrons. The van der Waals surface area contributed by atoms with Crippen LogP contribution in [0.2, 0.25) is 0 Å². The maximum Gasteiger partial charge on any atom is 0.250 e. The van der Waals surface area contributed by atoms with Gasteiger partial charge in [0, 0.05) is 19.5 Å². The van der Waals surface area contributed by atoms with Crippen LogP contribution in [0.1, 0.15) is 25.5 Å². The molecule has 1 aliphatic rings. The van der Waals surface area contributed by atoms with Gasteiger partial charge >= 0.3 is 0 Å². The van der Waals surface area contributed by atoms with Gasteiger partial charge in [-0.2, -0.15) is 0 Å². The van der Waals surface area contributed by atoms with E-state index >= 15 is 0 Å². The number of hydrogen-bond donors (Lipinski definition) is 1. The van der Waals surface area contributed by atoms with Crippen molar-refractivity contribution in [3.63, 3.8) is 0 Å². The first-order chi connectivity index (χ1) is 8.70. The van der Waals surface area contributed by atoms with E-state index in [1.165, 1.54) is 9.58 Å². The molecule has 0 unspecified atom stereocenters. The molecule has 0 aromatic carbocycles. The number of likely N-dealkylation sites (tertiary alicyclic amines) is 1. The van der Waals surface area contributed by atoms with E-state index in [9.17, 15) is 9.59 Å². The van der Waals surface area contributed by atoms with Crippen LogP contribution in [0.15, 0.2) is 6.20 Å². The first-order valence-electron chi connectivity index (χ1n) is 6.13. The van der Waals surface area contributed by atoms with Gasteiger partial charge in [-0.3, -0.25) is 14.5 Å². The molecule has 1 aliphatic heterocycles. The van der Waals surface area contributed by atoms with Gasteiger partial charge in [0.05, 0.1) is 11.9 Å². The fourth-order valence-corrected chi connectivity index (χ4v) is 1.89. The van der Waals surface area contributed by atoms with E-state index in [1.54, 1.807) is 6.20 Å². The van der Waals surface area contributed by atoms with Crippen molar-refractivity contribution in [1.82, 2.24) is 25.2 Å². The lowest BCUT2D eigenvalue weighted by molar-refractivity contribution is -0.142. The Labute approximate surface area is 105 Å². The standard InChI is InChI=1S/C11H17N5O2/c1-2-12-6-9-7-15(14-13-9)8-11(18)16-5-3-4-10(16)17/h7,12H,2-6,8H2,1H3. The molecule has 7 nitrogen and oxygen atoms in total. The van der Waals surface area contributed by atoms with Crippen molar-refractivity contribution >= 4 is 11.8 Å². The van der Waals surface area contributed by atoms with Gasteiger partial charge in [-0.05, 0) is 13.0 Å². The smallest absolute Gasteiger partial charge is 0.250 e. The van der Waals surface area contributed by atoms with Gasteiger partial charge in [0.25, 0.3) is 5.91 Å². The molecule has 1 N–H and O–H groups in total. The summed E-state index contributed by atoms with van der Waals surface area (Å²) in [6.07, 6.45) is 2.95. The van der Waals surface area contributed by atoms with E-state index in [-0.39, 0.29) is 18.4 Å². The Morgan fingerprint density at radius 3 is 3.06 bits per heavy atom. The van der Waals surface area contributed by atoms with Gasteiger partial charge in [-0.15, -0.1) is 5.10 Å². The van der Waals surface area contributed by atoms with Crippen LogP contribution in [0.5, 0.6) is 0 Å². The summed E-state index contributed by atoms with van der Waals surface area (Å²) in [4.78, 5) is 24.5. The number of carbonyl (C=O) groups excluding carboxylic acids is 2. The Hall–Kier alpha value is -1.76. The Morgan fingerprint density at radius 2 is 2.39 bits per heavy atom. The van der Waals surface area contributed by atoms with E-state index in [0.29, 0.717) is 19.5 Å². The van der Waals surface area contributed by atoms with Crippen LogP contribution in [-0.4, -0.2) is 44.8 Å². The van der Waals surface area contributed by atoms with Crippen LogP contribution >= 0.6 is 0 Å². The van der Waals surface area contributed by atoms with E-state index in [0.717, 1.165) is 18.7 Å². The maximum atomic E-state index is 11.8. The Balaban J connectivity index is 1.90. The van der Waals surface area contributed by atoms with E-state index in [4.69, 9.17) is 0 Å². The third-order valence-corrected chi connectivity index (χ3v) is 2.81. The number of amides is 2. The highest BCUT2D eigenvalue weighted by Crippen LogP contribution is 2.10. The second-order valence-corrected chi connectivity index (χ2v) is 4.23. The van der Waals surface area contributed by atoms with Crippen molar-refractivity contribution in [2.75, 3.05) is 13.1 Å². The lowest BCUT2D eigenvalue weighted by Crippen LogP contribution is -2.34. The Kier molecular flexibility index (Phi) is 4.03. The first-order valence-corrected chi connectivity index (χ1v) is 6.13. The van der Waals surface area contributed by atoms with Crippen LogP contribution in [0.3, 0.4) is 0 Å². The minimum absolute atomic E-state index is 0.0743. The van der Waals surface area contributed by atoms with Gasteiger partial charge in [0.15, 0.2) is 0 Å². The second-order valence-electron chi connectivity index (χ2n) is 4.23. The molecule has 1 fully saturated rings. The SMILES string of the molecule is CCNCc1cn(CC(=O)N2CCCC2=O)nn1. The molecule has 2 rings (SSSR count). The zero-order valence-corrected chi connectivity index (χ0v) is 10.4. The summed E-state index contributed by atoms with van der Waals surface area (Å²) in [5.41, 5.74) is 0.789. The highest BCUT2D eigenvalue weighted by molar-refractivity contribution is 5.96. The van der Waals surface area contributed by atoms with Crippen molar-refractivity contribution in [3.05, 3.63) is 11.9 Å². The highest BCUT2D eigenvalue weighted by atomic mass is 16.2. The van der Waals surface area contributed by atoms with Gasteiger partial charge < -0.3 is 5.32 Å². The number of imide groups is 1. The molecular formula is C11H17N5O2. The van der Waals surface area contributed by atoms with Gasteiger partial charge in [-0.25, -0.2) is 4.68 Å². The topological polar surface area (TPSA) is 80.1 Å². The molecule has 0 aliphatic carbocycles. The molecule has 0 atom stereocenters. The number of aromatic nitrogens is 3. The summed E-state index contributed by atoms with van der Waals surface area (Å²) in [6.45, 7) is 4.09. The summed E-state index contributed by atoms with van der Waals surface area (Å²) >= 11 is 0. The van der Waals surface area contributed by atoms with Crippen LogP contribution in [-0.2, 0) is 22.7 Å². The summed E-state index contributed by atoms with van der Waals surface area (Å²) < 4.78 is 1.47. The molecule has 1 aromatic heterocycles. The van der Waals surface area contributed by atoms with Crippen molar-refractivity contribution in [2.24, 2.45) is 0 Å². The fourth-order valence-electron chi connectivity index (χ4n) is 1.89. The molecule has 7 heteroatoms. The van der Waals surface area contributed by atoms with E-state index < -0.39 is 0 Å². The zero-order chi connectivity index (χ0) is 13.0. The number of nitrogens with zero attached hydrogens (tertiary/aromatic N) is 4. The number of hydrogen-bond acceptors (Lipinski definition) is 5. The lowest BCUT2D eigenvalue weighted by Gasteiger charge is -2.12. The molecular weight excluding hydrogens is 234 g/mol. The lowest BCUT2D eigenvalue weighted by atomic mass is 10.4. The molecule has 2 amide bonds. The monoisotopic (exact) mass is 251 g/mol. The molecule has 0 spiro atoms. The predicted octanol–water partition coefficient (Wildman–Crippen LogP) is -0.463. The van der Waals surface area contributed by atoms with Crippen molar-refractivity contribution in [2.45, 2.75) is 32.9 Å². The molecule has 2 heterocycles. The Bertz CT molecular complexity index is 442. The summed E-state index contributed by atoms with van der Waals surface area (Å²) in [5, 5.41) is 10.9. The van der Waals surface area contributed by atoms with E-state index in [1.807, 2.05) is 6.92 Å². The molecule has 0 bridgehead atoms. The number of nitrogens with one attached hydrogen (secondary N) is 1. The average molecular weight is 251 g/mol. The second kappa shape index (κ2) is 5.72. The molecule has 1 saturated heterocycles. The normalized spacial score (nSPS) is 15.4. The van der Waals surface area contributed by atoms with Gasteiger partial charge in [0.1, 0.15) is 6.54 Å². The quantitative estimate of drug-likeness (QED) is 0.765. The van der Waals surface area contributed by atoms with Crippen molar-refractivity contribution in [3.8, 4) is 0 Å². The van der Waals surface area contributed by atoms with Crippen LogP contribution in [0.25, 0.3) is 0 Å². The molecule has 1 aromatic rings. The minimum Gasteiger partial charge on any atom is -0.311 e. The molecule has 0 saturated carbocycles. The maximum absolute atomic E-state index is 11.8. The third kappa shape index (κ3) is 2.92. The number of carbonyl (C=O) groups is 2. The third-order valence-electron chi connectivity index (χ3n) is 2.81. The van der Waals surface area contributed by atoms with Crippen LogP contribution < -0.4 is 5.32 Å². The van der Waals surface area contributed by atoms with Crippen molar-refractivity contribution in [1.29, 1.82) is 0 Å². The van der Waals surface area contributed by atoms with Crippen LogP contribution in [0, 0.1) is 0 Å². The first kappa shape index (κ1) is 12.7. The predicted molar refractivity (Wildman–Crippen MR) is 63.4 cm³/mol.